The van der Waals surface area contributed by atoms with E-state index in [1.165, 1.54) is 30.5 Å². The van der Waals surface area contributed by atoms with Crippen molar-refractivity contribution in [2.45, 2.75) is 17.9 Å². The lowest BCUT2D eigenvalue weighted by Gasteiger charge is -2.12. The summed E-state index contributed by atoms with van der Waals surface area (Å²) in [5.74, 6) is -1.39. The molecule has 1 N–H and O–H groups in total. The van der Waals surface area contributed by atoms with Crippen LogP contribution < -0.4 is 5.32 Å². The minimum absolute atomic E-state index is 0.0410. The number of alkyl halides is 3. The molecule has 0 fully saturated rings. The molecule has 1 aromatic heterocycles. The van der Waals surface area contributed by atoms with Gasteiger partial charge in [-0.15, -0.1) is 0 Å². The maximum atomic E-state index is 13.0. The number of halogens is 4. The summed E-state index contributed by atoms with van der Waals surface area (Å²) in [6, 6.07) is 5.24. The number of benzene rings is 1. The molecule has 0 aliphatic carbocycles. The van der Waals surface area contributed by atoms with E-state index < -0.39 is 29.2 Å². The zero-order chi connectivity index (χ0) is 17.0. The second-order valence-electron chi connectivity index (χ2n) is 4.43. The molecular formula is C14H11F4N3OS. The summed E-state index contributed by atoms with van der Waals surface area (Å²) in [5.41, 5.74) is -1.39. The molecule has 1 amide bonds. The Bertz CT molecular complexity index is 704. The molecule has 0 aliphatic heterocycles. The van der Waals surface area contributed by atoms with Gasteiger partial charge in [0.1, 0.15) is 5.82 Å². The standard InChI is InChI=1S/C14H11F4N3OS/c1-23-13-20-7-10(11(21-13)14(16,17)18)12(22)19-6-8-2-4-9(15)5-3-8/h2-5,7H,6H2,1H3,(H,19,22). The minimum atomic E-state index is -4.77. The first kappa shape index (κ1) is 17.2. The van der Waals surface area contributed by atoms with E-state index in [0.29, 0.717) is 5.56 Å². The van der Waals surface area contributed by atoms with Crippen LogP contribution in [0.1, 0.15) is 21.6 Å². The van der Waals surface area contributed by atoms with E-state index in [2.05, 4.69) is 15.3 Å². The third-order valence-electron chi connectivity index (χ3n) is 2.83. The summed E-state index contributed by atoms with van der Waals surface area (Å²) in [6.45, 7) is -0.0410. The number of thioether (sulfide) groups is 1. The summed E-state index contributed by atoms with van der Waals surface area (Å²) in [5, 5.41) is 2.26. The number of hydrogen-bond acceptors (Lipinski definition) is 4. The molecule has 1 aromatic carbocycles. The van der Waals surface area contributed by atoms with Crippen LogP contribution >= 0.6 is 11.8 Å². The van der Waals surface area contributed by atoms with Crippen molar-refractivity contribution in [3.63, 3.8) is 0 Å². The van der Waals surface area contributed by atoms with Crippen molar-refractivity contribution in [1.29, 1.82) is 0 Å². The van der Waals surface area contributed by atoms with Crippen LogP contribution in [-0.4, -0.2) is 22.1 Å². The lowest BCUT2D eigenvalue weighted by molar-refractivity contribution is -0.142. The van der Waals surface area contributed by atoms with Gasteiger partial charge in [-0.3, -0.25) is 4.79 Å². The summed E-state index contributed by atoms with van der Waals surface area (Å²) < 4.78 is 51.8. The van der Waals surface area contributed by atoms with Crippen molar-refractivity contribution in [3.05, 3.63) is 53.1 Å². The van der Waals surface area contributed by atoms with Gasteiger partial charge in [0.05, 0.1) is 5.56 Å². The zero-order valence-electron chi connectivity index (χ0n) is 11.8. The molecule has 2 rings (SSSR count). The Morgan fingerprint density at radius 2 is 1.91 bits per heavy atom. The van der Waals surface area contributed by atoms with Crippen LogP contribution in [-0.2, 0) is 12.7 Å². The molecule has 0 saturated heterocycles. The Morgan fingerprint density at radius 3 is 2.48 bits per heavy atom. The monoisotopic (exact) mass is 345 g/mol. The molecule has 0 atom stereocenters. The predicted molar refractivity (Wildman–Crippen MR) is 76.4 cm³/mol. The van der Waals surface area contributed by atoms with E-state index in [0.717, 1.165) is 18.0 Å². The van der Waals surface area contributed by atoms with Crippen LogP contribution in [0.15, 0.2) is 35.6 Å². The largest absolute Gasteiger partial charge is 0.434 e. The van der Waals surface area contributed by atoms with Crippen LogP contribution in [0.4, 0.5) is 17.6 Å². The maximum absolute atomic E-state index is 13.0. The Labute approximate surface area is 133 Å². The second-order valence-corrected chi connectivity index (χ2v) is 5.20. The maximum Gasteiger partial charge on any atom is 0.434 e. The highest BCUT2D eigenvalue weighted by Gasteiger charge is 2.38. The van der Waals surface area contributed by atoms with Gasteiger partial charge in [-0.1, -0.05) is 23.9 Å². The summed E-state index contributed by atoms with van der Waals surface area (Å²) in [7, 11) is 0. The summed E-state index contributed by atoms with van der Waals surface area (Å²) in [6.07, 6.45) is -2.39. The smallest absolute Gasteiger partial charge is 0.348 e. The zero-order valence-corrected chi connectivity index (χ0v) is 12.6. The van der Waals surface area contributed by atoms with E-state index in [9.17, 15) is 22.4 Å². The third kappa shape index (κ3) is 4.41. The van der Waals surface area contributed by atoms with Crippen LogP contribution in [0.5, 0.6) is 0 Å². The van der Waals surface area contributed by atoms with E-state index >= 15 is 0 Å². The van der Waals surface area contributed by atoms with Crippen LogP contribution in [0.3, 0.4) is 0 Å². The van der Waals surface area contributed by atoms with Gasteiger partial charge in [0.25, 0.3) is 5.91 Å². The van der Waals surface area contributed by atoms with Crippen molar-refractivity contribution in [2.24, 2.45) is 0 Å². The van der Waals surface area contributed by atoms with Gasteiger partial charge in [0.15, 0.2) is 10.9 Å². The fourth-order valence-electron chi connectivity index (χ4n) is 1.73. The minimum Gasteiger partial charge on any atom is -0.348 e. The van der Waals surface area contributed by atoms with E-state index in [1.54, 1.807) is 0 Å². The molecule has 122 valence electrons. The van der Waals surface area contributed by atoms with Gasteiger partial charge < -0.3 is 5.32 Å². The molecule has 0 aliphatic rings. The summed E-state index contributed by atoms with van der Waals surface area (Å²) >= 11 is 0.942. The van der Waals surface area contributed by atoms with Crippen LogP contribution in [0.25, 0.3) is 0 Å². The predicted octanol–water partition coefficient (Wildman–Crippen LogP) is 3.29. The number of hydrogen-bond donors (Lipinski definition) is 1. The number of carbonyl (C=O) groups is 1. The highest BCUT2D eigenvalue weighted by molar-refractivity contribution is 7.98. The molecule has 23 heavy (non-hydrogen) atoms. The first-order chi connectivity index (χ1) is 10.8. The Kier molecular flexibility index (Phi) is 5.19. The first-order valence-electron chi connectivity index (χ1n) is 6.32. The molecule has 0 spiro atoms. The number of carbonyl (C=O) groups excluding carboxylic acids is 1. The number of rotatable bonds is 4. The second kappa shape index (κ2) is 6.95. The Balaban J connectivity index is 2.20. The molecule has 0 saturated carbocycles. The van der Waals surface area contributed by atoms with E-state index in [1.807, 2.05) is 0 Å². The topological polar surface area (TPSA) is 54.9 Å². The third-order valence-corrected chi connectivity index (χ3v) is 3.39. The van der Waals surface area contributed by atoms with Crippen molar-refractivity contribution < 1.29 is 22.4 Å². The molecule has 1 heterocycles. The normalized spacial score (nSPS) is 11.3. The molecule has 4 nitrogen and oxygen atoms in total. The van der Waals surface area contributed by atoms with E-state index in [-0.39, 0.29) is 11.7 Å². The number of nitrogens with zero attached hydrogens (tertiary/aromatic N) is 2. The average molecular weight is 345 g/mol. The number of aromatic nitrogens is 2. The van der Waals surface area contributed by atoms with Crippen LogP contribution in [0, 0.1) is 5.82 Å². The molecule has 0 unspecified atom stereocenters. The van der Waals surface area contributed by atoms with Crippen molar-refractivity contribution in [1.82, 2.24) is 15.3 Å². The van der Waals surface area contributed by atoms with Crippen LogP contribution in [0.2, 0.25) is 0 Å². The lowest BCUT2D eigenvalue weighted by Crippen LogP contribution is -2.27. The van der Waals surface area contributed by atoms with Gasteiger partial charge >= 0.3 is 6.18 Å². The summed E-state index contributed by atoms with van der Waals surface area (Å²) in [4.78, 5) is 19.0. The van der Waals surface area contributed by atoms with Crippen molar-refractivity contribution >= 4 is 17.7 Å². The highest BCUT2D eigenvalue weighted by atomic mass is 32.2. The van der Waals surface area contributed by atoms with Gasteiger partial charge in [-0.05, 0) is 24.0 Å². The van der Waals surface area contributed by atoms with E-state index in [4.69, 9.17) is 0 Å². The Morgan fingerprint density at radius 1 is 1.26 bits per heavy atom. The number of nitrogens with one attached hydrogen (secondary N) is 1. The average Bonchev–Trinajstić information content (AvgIpc) is 2.52. The van der Waals surface area contributed by atoms with Gasteiger partial charge in [0.2, 0.25) is 0 Å². The molecule has 0 bridgehead atoms. The van der Waals surface area contributed by atoms with Crippen molar-refractivity contribution in [3.8, 4) is 0 Å². The fourth-order valence-corrected chi connectivity index (χ4v) is 2.07. The quantitative estimate of drug-likeness (QED) is 0.525. The molecular weight excluding hydrogens is 334 g/mol. The van der Waals surface area contributed by atoms with Crippen molar-refractivity contribution in [2.75, 3.05) is 6.26 Å². The molecule has 9 heteroatoms. The fraction of sp³-hybridized carbons (Fsp3) is 0.214. The van der Waals surface area contributed by atoms with Gasteiger partial charge in [0, 0.05) is 12.7 Å². The SMILES string of the molecule is CSc1ncc(C(=O)NCc2ccc(F)cc2)c(C(F)(F)F)n1. The number of amides is 1. The van der Waals surface area contributed by atoms with Gasteiger partial charge in [-0.2, -0.15) is 13.2 Å². The molecule has 2 aromatic rings. The van der Waals surface area contributed by atoms with Gasteiger partial charge in [-0.25, -0.2) is 14.4 Å². The highest BCUT2D eigenvalue weighted by Crippen LogP contribution is 2.31. The molecule has 0 radical (unpaired) electrons. The Hall–Kier alpha value is -2.16. The first-order valence-corrected chi connectivity index (χ1v) is 7.54. The lowest BCUT2D eigenvalue weighted by atomic mass is 10.2.